The largest absolute Gasteiger partial charge is 0.328 e. The van der Waals surface area contributed by atoms with Gasteiger partial charge in [-0.05, 0) is 26.7 Å². The Labute approximate surface area is 57.6 Å². The van der Waals surface area contributed by atoms with Crippen molar-refractivity contribution in [1.29, 1.82) is 0 Å². The van der Waals surface area contributed by atoms with Crippen LogP contribution in [0.1, 0.15) is 33.6 Å². The van der Waals surface area contributed by atoms with Gasteiger partial charge in [0, 0.05) is 11.6 Å². The molecule has 0 aliphatic heterocycles. The van der Waals surface area contributed by atoms with Crippen molar-refractivity contribution in [3.8, 4) is 0 Å². The summed E-state index contributed by atoms with van der Waals surface area (Å²) >= 11 is 0. The summed E-state index contributed by atoms with van der Waals surface area (Å²) < 4.78 is 0. The van der Waals surface area contributed by atoms with Crippen molar-refractivity contribution in [1.82, 2.24) is 0 Å². The molecular weight excluding hydrogens is 112 g/mol. The molecule has 2 nitrogen and oxygen atoms in total. The average Bonchev–Trinajstić information content (AvgIpc) is 1.63. The van der Waals surface area contributed by atoms with E-state index in [0.29, 0.717) is 0 Å². The molecule has 2 atom stereocenters. The lowest BCUT2D eigenvalue weighted by Gasteiger charge is -2.24. The molecule has 0 radical (unpaired) electrons. The first-order chi connectivity index (χ1) is 3.98. The van der Waals surface area contributed by atoms with E-state index >= 15 is 0 Å². The first-order valence-electron chi connectivity index (χ1n) is 3.52. The summed E-state index contributed by atoms with van der Waals surface area (Å²) in [5.74, 6) is 0. The van der Waals surface area contributed by atoms with Gasteiger partial charge < -0.3 is 11.5 Å². The molecule has 0 fully saturated rings. The Morgan fingerprint density at radius 2 is 2.00 bits per heavy atom. The molecule has 0 amide bonds. The van der Waals surface area contributed by atoms with Gasteiger partial charge in [-0.3, -0.25) is 0 Å². The minimum atomic E-state index is -0.0613. The average molecular weight is 130 g/mol. The summed E-state index contributed by atoms with van der Waals surface area (Å²) in [6, 6.07) is 0.222. The topological polar surface area (TPSA) is 52.0 Å². The summed E-state index contributed by atoms with van der Waals surface area (Å²) in [5.41, 5.74) is 11.3. The van der Waals surface area contributed by atoms with Crippen LogP contribution in [0, 0.1) is 0 Å². The Kier molecular flexibility index (Phi) is 3.15. The summed E-state index contributed by atoms with van der Waals surface area (Å²) in [7, 11) is 0. The van der Waals surface area contributed by atoms with Crippen LogP contribution >= 0.6 is 0 Å². The van der Waals surface area contributed by atoms with Crippen LogP contribution < -0.4 is 11.5 Å². The van der Waals surface area contributed by atoms with Crippen LogP contribution in [0.15, 0.2) is 0 Å². The van der Waals surface area contributed by atoms with Crippen molar-refractivity contribution >= 4 is 0 Å². The molecule has 0 heterocycles. The van der Waals surface area contributed by atoms with E-state index in [9.17, 15) is 0 Å². The van der Waals surface area contributed by atoms with Gasteiger partial charge in [0.05, 0.1) is 0 Å². The molecule has 0 aromatic rings. The molecule has 0 spiro atoms. The van der Waals surface area contributed by atoms with Crippen molar-refractivity contribution in [2.45, 2.75) is 45.2 Å². The third-order valence-electron chi connectivity index (χ3n) is 1.60. The SMILES string of the molecule is CCC(C)(N)C[C@H](C)N. The smallest absolute Gasteiger partial charge is 0.0137 e. The predicted octanol–water partition coefficient (Wildman–Crippen LogP) is 0.851. The molecule has 0 saturated heterocycles. The zero-order valence-corrected chi connectivity index (χ0v) is 6.65. The van der Waals surface area contributed by atoms with Crippen LogP contribution in [0.25, 0.3) is 0 Å². The maximum Gasteiger partial charge on any atom is 0.0137 e. The van der Waals surface area contributed by atoms with Crippen LogP contribution in [-0.2, 0) is 0 Å². The minimum Gasteiger partial charge on any atom is -0.328 e. The minimum absolute atomic E-state index is 0.0613. The monoisotopic (exact) mass is 130 g/mol. The Morgan fingerprint density at radius 1 is 1.56 bits per heavy atom. The summed E-state index contributed by atoms with van der Waals surface area (Å²) in [6.45, 7) is 6.11. The van der Waals surface area contributed by atoms with Gasteiger partial charge in [-0.2, -0.15) is 0 Å². The molecule has 0 aliphatic carbocycles. The highest BCUT2D eigenvalue weighted by Gasteiger charge is 2.16. The molecule has 0 aromatic carbocycles. The predicted molar refractivity (Wildman–Crippen MR) is 41.1 cm³/mol. The summed E-state index contributed by atoms with van der Waals surface area (Å²) in [6.07, 6.45) is 1.90. The van der Waals surface area contributed by atoms with E-state index in [2.05, 4.69) is 6.92 Å². The Hall–Kier alpha value is -0.0800. The standard InChI is InChI=1S/C7H18N2/c1-4-7(3,9)5-6(2)8/h6H,4-5,8-9H2,1-3H3/t6-,7?/m0/s1. The van der Waals surface area contributed by atoms with Gasteiger partial charge >= 0.3 is 0 Å². The van der Waals surface area contributed by atoms with Crippen molar-refractivity contribution < 1.29 is 0 Å². The normalized spacial score (nSPS) is 21.0. The van der Waals surface area contributed by atoms with E-state index in [1.54, 1.807) is 0 Å². The second-order valence-corrected chi connectivity index (χ2v) is 3.19. The van der Waals surface area contributed by atoms with E-state index in [4.69, 9.17) is 11.5 Å². The lowest BCUT2D eigenvalue weighted by molar-refractivity contribution is 0.388. The van der Waals surface area contributed by atoms with Crippen LogP contribution in [0.4, 0.5) is 0 Å². The highest BCUT2D eigenvalue weighted by molar-refractivity contribution is 4.79. The second kappa shape index (κ2) is 3.18. The fourth-order valence-corrected chi connectivity index (χ4v) is 0.880. The Morgan fingerprint density at radius 3 is 2.11 bits per heavy atom. The zero-order valence-electron chi connectivity index (χ0n) is 6.65. The summed E-state index contributed by atoms with van der Waals surface area (Å²) in [4.78, 5) is 0. The fourth-order valence-electron chi connectivity index (χ4n) is 0.880. The van der Waals surface area contributed by atoms with Gasteiger partial charge in [0.2, 0.25) is 0 Å². The van der Waals surface area contributed by atoms with Crippen molar-refractivity contribution in [2.24, 2.45) is 11.5 Å². The zero-order chi connectivity index (χ0) is 7.49. The van der Waals surface area contributed by atoms with Crippen LogP contribution in [0.3, 0.4) is 0 Å². The van der Waals surface area contributed by atoms with Crippen LogP contribution in [0.2, 0.25) is 0 Å². The van der Waals surface area contributed by atoms with Gasteiger partial charge in [0.25, 0.3) is 0 Å². The molecule has 2 heteroatoms. The molecular formula is C7H18N2. The maximum absolute atomic E-state index is 5.84. The van der Waals surface area contributed by atoms with Crippen molar-refractivity contribution in [2.75, 3.05) is 0 Å². The summed E-state index contributed by atoms with van der Waals surface area (Å²) in [5, 5.41) is 0. The highest BCUT2D eigenvalue weighted by Crippen LogP contribution is 2.10. The molecule has 0 rings (SSSR count). The molecule has 1 unspecified atom stereocenters. The lowest BCUT2D eigenvalue weighted by atomic mass is 9.93. The number of rotatable bonds is 3. The van der Waals surface area contributed by atoms with Gasteiger partial charge in [0.15, 0.2) is 0 Å². The molecule has 56 valence electrons. The van der Waals surface area contributed by atoms with E-state index in [1.807, 2.05) is 13.8 Å². The maximum atomic E-state index is 5.84. The lowest BCUT2D eigenvalue weighted by Crippen LogP contribution is -2.40. The molecule has 0 aliphatic rings. The van der Waals surface area contributed by atoms with Gasteiger partial charge in [-0.1, -0.05) is 6.92 Å². The second-order valence-electron chi connectivity index (χ2n) is 3.19. The molecule has 4 N–H and O–H groups in total. The number of hydrogen-bond acceptors (Lipinski definition) is 2. The third-order valence-corrected chi connectivity index (χ3v) is 1.60. The Bertz CT molecular complexity index is 77.0. The van der Waals surface area contributed by atoms with E-state index in [0.717, 1.165) is 12.8 Å². The van der Waals surface area contributed by atoms with Gasteiger partial charge in [0.1, 0.15) is 0 Å². The molecule has 0 bridgehead atoms. The fraction of sp³-hybridized carbons (Fsp3) is 1.00. The van der Waals surface area contributed by atoms with E-state index in [1.165, 1.54) is 0 Å². The van der Waals surface area contributed by atoms with Crippen LogP contribution in [0.5, 0.6) is 0 Å². The highest BCUT2D eigenvalue weighted by atomic mass is 14.7. The van der Waals surface area contributed by atoms with Gasteiger partial charge in [-0.15, -0.1) is 0 Å². The molecule has 0 aromatic heterocycles. The first-order valence-corrected chi connectivity index (χ1v) is 3.52. The third kappa shape index (κ3) is 4.43. The number of nitrogens with two attached hydrogens (primary N) is 2. The first kappa shape index (κ1) is 8.92. The van der Waals surface area contributed by atoms with Crippen LogP contribution in [-0.4, -0.2) is 11.6 Å². The quantitative estimate of drug-likeness (QED) is 0.595. The molecule has 0 saturated carbocycles. The van der Waals surface area contributed by atoms with E-state index in [-0.39, 0.29) is 11.6 Å². The van der Waals surface area contributed by atoms with Crippen molar-refractivity contribution in [3.63, 3.8) is 0 Å². The van der Waals surface area contributed by atoms with E-state index < -0.39 is 0 Å². The Balaban J connectivity index is 3.58. The number of hydrogen-bond donors (Lipinski definition) is 2. The molecule has 9 heavy (non-hydrogen) atoms. The van der Waals surface area contributed by atoms with Crippen molar-refractivity contribution in [3.05, 3.63) is 0 Å². The van der Waals surface area contributed by atoms with Gasteiger partial charge in [-0.25, -0.2) is 0 Å².